The highest BCUT2D eigenvalue weighted by Gasteiger charge is 2.21. The minimum Gasteiger partial charge on any atom is -0.379 e. The highest BCUT2D eigenvalue weighted by atomic mass is 79.9. The molecule has 0 spiro atoms. The Labute approximate surface area is 127 Å². The molecule has 0 aliphatic heterocycles. The van der Waals surface area contributed by atoms with E-state index in [4.69, 9.17) is 4.74 Å². The maximum absolute atomic E-state index is 12.4. The molecule has 1 aromatic heterocycles. The number of hydrogen-bond donors (Lipinski definition) is 1. The van der Waals surface area contributed by atoms with Crippen molar-refractivity contribution >= 4 is 27.7 Å². The number of pyridine rings is 1. The number of anilines is 1. The Morgan fingerprint density at radius 1 is 1.60 bits per heavy atom. The van der Waals surface area contributed by atoms with Crippen LogP contribution >= 0.6 is 15.9 Å². The van der Waals surface area contributed by atoms with Crippen molar-refractivity contribution in [2.75, 3.05) is 39.2 Å². The number of hydrogen-bond acceptors (Lipinski definition) is 4. The number of aromatic nitrogens is 1. The minimum atomic E-state index is -0.0572. The normalized spacial score (nSPS) is 14.2. The van der Waals surface area contributed by atoms with Gasteiger partial charge in [0.2, 0.25) is 0 Å². The van der Waals surface area contributed by atoms with Crippen molar-refractivity contribution in [3.8, 4) is 0 Å². The second-order valence-corrected chi connectivity index (χ2v) is 5.96. The van der Waals surface area contributed by atoms with Crippen LogP contribution in [0.2, 0.25) is 0 Å². The number of amides is 1. The molecule has 0 bridgehead atoms. The summed E-state index contributed by atoms with van der Waals surface area (Å²) in [6, 6.07) is 1.78. The zero-order chi connectivity index (χ0) is 14.5. The van der Waals surface area contributed by atoms with E-state index in [0.29, 0.717) is 24.5 Å². The van der Waals surface area contributed by atoms with Gasteiger partial charge in [-0.25, -0.2) is 4.98 Å². The van der Waals surface area contributed by atoms with Gasteiger partial charge in [0.25, 0.3) is 5.91 Å². The van der Waals surface area contributed by atoms with E-state index >= 15 is 0 Å². The molecule has 0 aromatic carbocycles. The highest BCUT2D eigenvalue weighted by Crippen LogP contribution is 2.28. The van der Waals surface area contributed by atoms with Gasteiger partial charge < -0.3 is 15.0 Å². The van der Waals surface area contributed by atoms with E-state index in [2.05, 4.69) is 26.2 Å². The first kappa shape index (κ1) is 15.3. The van der Waals surface area contributed by atoms with Gasteiger partial charge in [-0.3, -0.25) is 4.79 Å². The lowest BCUT2D eigenvalue weighted by Gasteiger charge is -2.18. The average molecular weight is 342 g/mol. The molecule has 6 heteroatoms. The van der Waals surface area contributed by atoms with E-state index in [-0.39, 0.29) is 5.91 Å². The maximum atomic E-state index is 12.4. The van der Waals surface area contributed by atoms with E-state index < -0.39 is 0 Å². The van der Waals surface area contributed by atoms with Crippen LogP contribution in [0.4, 0.5) is 5.82 Å². The van der Waals surface area contributed by atoms with Gasteiger partial charge in [-0.05, 0) is 40.8 Å². The van der Waals surface area contributed by atoms with Crippen LogP contribution in [0.25, 0.3) is 0 Å². The van der Waals surface area contributed by atoms with Crippen LogP contribution in [0.5, 0.6) is 0 Å². The zero-order valence-corrected chi connectivity index (χ0v) is 13.4. The fourth-order valence-corrected chi connectivity index (χ4v) is 2.18. The van der Waals surface area contributed by atoms with E-state index in [1.54, 1.807) is 31.3 Å². The molecule has 20 heavy (non-hydrogen) atoms. The van der Waals surface area contributed by atoms with Gasteiger partial charge in [-0.15, -0.1) is 0 Å². The largest absolute Gasteiger partial charge is 0.379 e. The number of nitrogens with zero attached hydrogens (tertiary/aromatic N) is 2. The summed E-state index contributed by atoms with van der Waals surface area (Å²) in [7, 11) is 3.54. The number of likely N-dealkylation sites (N-methyl/N-ethyl adjacent to an activating group) is 1. The molecule has 0 saturated heterocycles. The number of halogens is 1. The first-order valence-electron chi connectivity index (χ1n) is 6.78. The van der Waals surface area contributed by atoms with Crippen LogP contribution in [-0.4, -0.2) is 49.6 Å². The smallest absolute Gasteiger partial charge is 0.257 e. The van der Waals surface area contributed by atoms with Crippen molar-refractivity contribution in [3.05, 3.63) is 22.3 Å². The number of nitrogens with one attached hydrogen (secondary N) is 1. The summed E-state index contributed by atoms with van der Waals surface area (Å²) in [5.41, 5.74) is 0.562. The summed E-state index contributed by atoms with van der Waals surface area (Å²) >= 11 is 3.34. The number of carbonyl (C=O) groups is 1. The Kier molecular flexibility index (Phi) is 5.37. The van der Waals surface area contributed by atoms with Crippen molar-refractivity contribution < 1.29 is 9.53 Å². The third kappa shape index (κ3) is 4.18. The fraction of sp³-hybridized carbons (Fsp3) is 0.571. The Bertz CT molecular complexity index is 477. The lowest BCUT2D eigenvalue weighted by molar-refractivity contribution is 0.0681. The number of rotatable bonds is 7. The fourth-order valence-electron chi connectivity index (χ4n) is 1.84. The Balaban J connectivity index is 1.89. The molecule has 110 valence electrons. The SMILES string of the molecule is CNc1ncc(Br)cc1C(=O)N(C)CCOCC1CC1. The van der Waals surface area contributed by atoms with Gasteiger partial charge in [0.15, 0.2) is 0 Å². The molecule has 2 rings (SSSR count). The molecule has 0 unspecified atom stereocenters. The summed E-state index contributed by atoms with van der Waals surface area (Å²) < 4.78 is 6.35. The summed E-state index contributed by atoms with van der Waals surface area (Å²) in [4.78, 5) is 18.2. The van der Waals surface area contributed by atoms with E-state index in [1.165, 1.54) is 12.8 Å². The topological polar surface area (TPSA) is 54.5 Å². The highest BCUT2D eigenvalue weighted by molar-refractivity contribution is 9.10. The molecule has 1 aromatic rings. The van der Waals surface area contributed by atoms with Gasteiger partial charge in [0.05, 0.1) is 12.2 Å². The summed E-state index contributed by atoms with van der Waals surface area (Å²) in [6.45, 7) is 1.98. The van der Waals surface area contributed by atoms with Crippen LogP contribution in [-0.2, 0) is 4.74 Å². The quantitative estimate of drug-likeness (QED) is 0.773. The van der Waals surface area contributed by atoms with Gasteiger partial charge >= 0.3 is 0 Å². The van der Waals surface area contributed by atoms with Gasteiger partial charge in [0, 0.05) is 37.9 Å². The van der Waals surface area contributed by atoms with Crippen LogP contribution in [0.15, 0.2) is 16.7 Å². The van der Waals surface area contributed by atoms with Crippen molar-refractivity contribution in [1.82, 2.24) is 9.88 Å². The molecule has 1 heterocycles. The third-order valence-electron chi connectivity index (χ3n) is 3.29. The van der Waals surface area contributed by atoms with Gasteiger partial charge in [-0.1, -0.05) is 0 Å². The van der Waals surface area contributed by atoms with E-state index in [9.17, 15) is 4.79 Å². The Morgan fingerprint density at radius 2 is 2.35 bits per heavy atom. The minimum absolute atomic E-state index is 0.0572. The first-order valence-corrected chi connectivity index (χ1v) is 7.57. The molecule has 1 fully saturated rings. The lowest BCUT2D eigenvalue weighted by atomic mass is 10.2. The zero-order valence-electron chi connectivity index (χ0n) is 11.9. The molecule has 0 radical (unpaired) electrons. The summed E-state index contributed by atoms with van der Waals surface area (Å²) in [5, 5.41) is 2.94. The molecular weight excluding hydrogens is 322 g/mol. The standard InChI is InChI=1S/C14H20BrN3O2/c1-16-13-12(7-11(15)8-17-13)14(19)18(2)5-6-20-9-10-3-4-10/h7-8,10H,3-6,9H2,1-2H3,(H,16,17). The molecular formula is C14H20BrN3O2. The van der Waals surface area contributed by atoms with Crippen LogP contribution in [0.3, 0.4) is 0 Å². The Morgan fingerprint density at radius 3 is 3.00 bits per heavy atom. The predicted molar refractivity (Wildman–Crippen MR) is 82.0 cm³/mol. The third-order valence-corrected chi connectivity index (χ3v) is 3.72. The van der Waals surface area contributed by atoms with Crippen LogP contribution < -0.4 is 5.32 Å². The second kappa shape index (κ2) is 7.04. The molecule has 1 aliphatic rings. The lowest BCUT2D eigenvalue weighted by Crippen LogP contribution is -2.31. The summed E-state index contributed by atoms with van der Waals surface area (Å²) in [5.74, 6) is 1.28. The number of carbonyl (C=O) groups excluding carboxylic acids is 1. The van der Waals surface area contributed by atoms with Crippen molar-refractivity contribution in [3.63, 3.8) is 0 Å². The van der Waals surface area contributed by atoms with Crippen molar-refractivity contribution in [2.45, 2.75) is 12.8 Å². The monoisotopic (exact) mass is 341 g/mol. The molecule has 1 aliphatic carbocycles. The van der Waals surface area contributed by atoms with Crippen molar-refractivity contribution in [2.24, 2.45) is 5.92 Å². The van der Waals surface area contributed by atoms with Crippen molar-refractivity contribution in [1.29, 1.82) is 0 Å². The van der Waals surface area contributed by atoms with E-state index in [1.807, 2.05) is 0 Å². The average Bonchev–Trinajstić information content (AvgIpc) is 3.26. The molecule has 1 saturated carbocycles. The van der Waals surface area contributed by atoms with Crippen LogP contribution in [0.1, 0.15) is 23.2 Å². The summed E-state index contributed by atoms with van der Waals surface area (Å²) in [6.07, 6.45) is 4.23. The second-order valence-electron chi connectivity index (χ2n) is 5.04. The predicted octanol–water partition coefficient (Wildman–Crippen LogP) is 2.38. The molecule has 5 nitrogen and oxygen atoms in total. The van der Waals surface area contributed by atoms with Crippen LogP contribution in [0, 0.1) is 5.92 Å². The Hall–Kier alpha value is -1.14. The maximum Gasteiger partial charge on any atom is 0.257 e. The molecule has 1 N–H and O–H groups in total. The number of ether oxygens (including phenoxy) is 1. The first-order chi connectivity index (χ1) is 9.61. The van der Waals surface area contributed by atoms with E-state index in [0.717, 1.165) is 17.0 Å². The molecule has 1 amide bonds. The molecule has 0 atom stereocenters. The van der Waals surface area contributed by atoms with Gasteiger partial charge in [-0.2, -0.15) is 0 Å². The van der Waals surface area contributed by atoms with Gasteiger partial charge in [0.1, 0.15) is 5.82 Å².